The highest BCUT2D eigenvalue weighted by molar-refractivity contribution is 7.92. The van der Waals surface area contributed by atoms with Gasteiger partial charge in [-0.1, -0.05) is 25.1 Å². The smallest absolute Gasteiger partial charge is 0.391 e. The summed E-state index contributed by atoms with van der Waals surface area (Å²) in [5.74, 6) is 0. The highest BCUT2D eigenvalue weighted by atomic mass is 32.2. The molecule has 0 fully saturated rings. The average molecular weight is 373 g/mol. The molecular weight excluding hydrogens is 355 g/mol. The molecule has 136 valence electrons. The minimum Gasteiger partial charge on any atom is -0.391 e. The molecule has 2 aromatic carbocycles. The van der Waals surface area contributed by atoms with Crippen molar-refractivity contribution >= 4 is 15.7 Å². The molecule has 2 rings (SSSR count). The van der Waals surface area contributed by atoms with E-state index in [4.69, 9.17) is 0 Å². The Morgan fingerprint density at radius 3 is 2.08 bits per heavy atom. The van der Waals surface area contributed by atoms with E-state index in [1.54, 1.807) is 37.3 Å². The summed E-state index contributed by atoms with van der Waals surface area (Å²) in [5.41, 5.74) is -0.596. The molecule has 0 aliphatic rings. The van der Waals surface area contributed by atoms with Crippen LogP contribution in [-0.4, -0.2) is 26.2 Å². The number of nitrogens with zero attached hydrogens (tertiary/aromatic N) is 1. The first-order valence-corrected chi connectivity index (χ1v) is 9.03. The number of anilines is 1. The molecule has 0 heterocycles. The second kappa shape index (κ2) is 7.45. The van der Waals surface area contributed by atoms with E-state index in [1.807, 2.05) is 0 Å². The summed E-state index contributed by atoms with van der Waals surface area (Å²) in [6.07, 6.45) is -5.10. The quantitative estimate of drug-likeness (QED) is 0.841. The molecule has 0 bridgehead atoms. The normalized spacial score (nSPS) is 13.5. The van der Waals surface area contributed by atoms with Crippen LogP contribution in [0.2, 0.25) is 0 Å². The third-order valence-electron chi connectivity index (χ3n) is 3.66. The Kier molecular flexibility index (Phi) is 5.74. The van der Waals surface area contributed by atoms with Gasteiger partial charge in [0, 0.05) is 0 Å². The van der Waals surface area contributed by atoms with Gasteiger partial charge in [0.1, 0.15) is 0 Å². The second-order valence-electron chi connectivity index (χ2n) is 5.46. The van der Waals surface area contributed by atoms with Crippen LogP contribution in [0, 0.1) is 0 Å². The van der Waals surface area contributed by atoms with Gasteiger partial charge in [0.05, 0.1) is 28.8 Å². The summed E-state index contributed by atoms with van der Waals surface area (Å²) < 4.78 is 64.8. The van der Waals surface area contributed by atoms with Crippen molar-refractivity contribution in [3.63, 3.8) is 0 Å². The van der Waals surface area contributed by atoms with Crippen LogP contribution in [0.25, 0.3) is 0 Å². The topological polar surface area (TPSA) is 57.6 Å². The Morgan fingerprint density at radius 2 is 1.60 bits per heavy atom. The molecule has 0 amide bonds. The zero-order valence-corrected chi connectivity index (χ0v) is 14.3. The van der Waals surface area contributed by atoms with Gasteiger partial charge in [0.2, 0.25) is 0 Å². The van der Waals surface area contributed by atoms with Gasteiger partial charge in [-0.15, -0.1) is 0 Å². The summed E-state index contributed by atoms with van der Waals surface area (Å²) in [5, 5.41) is 9.90. The molecule has 0 saturated carbocycles. The minimum absolute atomic E-state index is 0.191. The maximum absolute atomic E-state index is 12.9. The number of hydrogen-bond donors (Lipinski definition) is 1. The molecule has 1 atom stereocenters. The maximum atomic E-state index is 12.9. The Bertz CT molecular complexity index is 790. The van der Waals surface area contributed by atoms with Crippen LogP contribution in [0.5, 0.6) is 0 Å². The van der Waals surface area contributed by atoms with Crippen molar-refractivity contribution in [3.8, 4) is 0 Å². The lowest BCUT2D eigenvalue weighted by Gasteiger charge is -2.26. The predicted octanol–water partition coefficient (Wildman–Crippen LogP) is 3.67. The number of sulfonamides is 1. The lowest BCUT2D eigenvalue weighted by Crippen LogP contribution is -2.37. The van der Waals surface area contributed by atoms with E-state index in [1.165, 1.54) is 0 Å². The number of alkyl halides is 3. The third-order valence-corrected chi connectivity index (χ3v) is 5.47. The average Bonchev–Trinajstić information content (AvgIpc) is 2.59. The van der Waals surface area contributed by atoms with E-state index in [2.05, 4.69) is 0 Å². The Labute approximate surface area is 144 Å². The van der Waals surface area contributed by atoms with Crippen LogP contribution in [0.4, 0.5) is 18.9 Å². The summed E-state index contributed by atoms with van der Waals surface area (Å²) in [4.78, 5) is -0.271. The summed E-state index contributed by atoms with van der Waals surface area (Å²) >= 11 is 0. The highest BCUT2D eigenvalue weighted by Gasteiger charge is 2.32. The fourth-order valence-electron chi connectivity index (χ4n) is 2.20. The Balaban J connectivity index is 2.44. The van der Waals surface area contributed by atoms with Gasteiger partial charge in [-0.25, -0.2) is 8.42 Å². The second-order valence-corrected chi connectivity index (χ2v) is 7.32. The Hall–Kier alpha value is -2.06. The molecule has 8 heteroatoms. The molecule has 25 heavy (non-hydrogen) atoms. The Morgan fingerprint density at radius 1 is 1.04 bits per heavy atom. The molecule has 4 nitrogen and oxygen atoms in total. The molecular formula is C17H18F3NO3S. The highest BCUT2D eigenvalue weighted by Crippen LogP contribution is 2.31. The van der Waals surface area contributed by atoms with Crippen molar-refractivity contribution < 1.29 is 26.7 Å². The van der Waals surface area contributed by atoms with Crippen LogP contribution >= 0.6 is 0 Å². The van der Waals surface area contributed by atoms with Gasteiger partial charge in [0.15, 0.2) is 0 Å². The van der Waals surface area contributed by atoms with Crippen LogP contribution in [0.1, 0.15) is 18.9 Å². The van der Waals surface area contributed by atoms with Gasteiger partial charge in [-0.2, -0.15) is 13.2 Å². The molecule has 1 unspecified atom stereocenters. The first-order valence-electron chi connectivity index (χ1n) is 7.59. The van der Waals surface area contributed by atoms with Crippen molar-refractivity contribution in [3.05, 3.63) is 60.2 Å². The van der Waals surface area contributed by atoms with E-state index in [9.17, 15) is 26.7 Å². The first-order chi connectivity index (χ1) is 11.7. The number of benzene rings is 2. The fourth-order valence-corrected chi connectivity index (χ4v) is 3.70. The number of halogens is 3. The zero-order chi connectivity index (χ0) is 18.7. The van der Waals surface area contributed by atoms with Crippen LogP contribution in [-0.2, 0) is 16.2 Å². The molecule has 0 aromatic heterocycles. The molecule has 0 saturated heterocycles. The van der Waals surface area contributed by atoms with E-state index in [0.29, 0.717) is 12.1 Å². The molecule has 0 radical (unpaired) electrons. The SMILES string of the molecule is CCC(O)CN(c1ccccc1)S(=O)(=O)c1ccc(C(F)(F)F)cc1. The molecule has 0 spiro atoms. The van der Waals surface area contributed by atoms with Crippen molar-refractivity contribution in [1.82, 2.24) is 0 Å². The summed E-state index contributed by atoms with van der Waals surface area (Å²) in [6.45, 7) is 1.52. The van der Waals surface area contributed by atoms with Crippen molar-refractivity contribution in [2.45, 2.75) is 30.5 Å². The predicted molar refractivity (Wildman–Crippen MR) is 88.7 cm³/mol. The zero-order valence-electron chi connectivity index (χ0n) is 13.4. The molecule has 1 N–H and O–H groups in total. The first kappa shape index (κ1) is 19.3. The lowest BCUT2D eigenvalue weighted by molar-refractivity contribution is -0.137. The maximum Gasteiger partial charge on any atom is 0.416 e. The molecule has 0 aliphatic carbocycles. The number of rotatable bonds is 6. The number of para-hydroxylation sites is 1. The fraction of sp³-hybridized carbons (Fsp3) is 0.294. The number of aliphatic hydroxyl groups excluding tert-OH is 1. The standard InChI is InChI=1S/C17H18F3NO3S/c1-2-15(22)12-21(14-6-4-3-5-7-14)25(23,24)16-10-8-13(9-11-16)17(18,19)20/h3-11,15,22H,2,12H2,1H3. The third kappa shape index (κ3) is 4.52. The largest absolute Gasteiger partial charge is 0.416 e. The van der Waals surface area contributed by atoms with E-state index < -0.39 is 27.9 Å². The minimum atomic E-state index is -4.54. The van der Waals surface area contributed by atoms with Gasteiger partial charge in [-0.05, 0) is 42.8 Å². The van der Waals surface area contributed by atoms with E-state index in [0.717, 1.165) is 28.6 Å². The van der Waals surface area contributed by atoms with E-state index >= 15 is 0 Å². The van der Waals surface area contributed by atoms with Gasteiger partial charge in [-0.3, -0.25) is 4.31 Å². The molecule has 0 aliphatic heterocycles. The molecule has 2 aromatic rings. The van der Waals surface area contributed by atoms with Crippen molar-refractivity contribution in [2.24, 2.45) is 0 Å². The monoisotopic (exact) mass is 373 g/mol. The summed E-state index contributed by atoms with van der Waals surface area (Å²) in [7, 11) is -4.12. The van der Waals surface area contributed by atoms with Gasteiger partial charge >= 0.3 is 6.18 Å². The van der Waals surface area contributed by atoms with Crippen molar-refractivity contribution in [2.75, 3.05) is 10.8 Å². The van der Waals surface area contributed by atoms with E-state index in [-0.39, 0.29) is 11.4 Å². The van der Waals surface area contributed by atoms with Gasteiger partial charge in [0.25, 0.3) is 10.0 Å². The van der Waals surface area contributed by atoms with Gasteiger partial charge < -0.3 is 5.11 Å². The lowest BCUT2D eigenvalue weighted by atomic mass is 10.2. The van der Waals surface area contributed by atoms with Crippen molar-refractivity contribution in [1.29, 1.82) is 0 Å². The summed E-state index contributed by atoms with van der Waals surface area (Å²) in [6, 6.07) is 11.4. The van der Waals surface area contributed by atoms with Crippen LogP contribution in [0.3, 0.4) is 0 Å². The number of hydrogen-bond acceptors (Lipinski definition) is 3. The number of aliphatic hydroxyl groups is 1. The van der Waals surface area contributed by atoms with Crippen LogP contribution < -0.4 is 4.31 Å². The van der Waals surface area contributed by atoms with Crippen LogP contribution in [0.15, 0.2) is 59.5 Å².